The monoisotopic (exact) mass is 320 g/mol. The maximum absolute atomic E-state index is 12.8. The first-order valence-corrected chi connectivity index (χ1v) is 8.35. The van der Waals surface area contributed by atoms with Crippen LogP contribution < -0.4 is 5.32 Å². The Morgan fingerprint density at radius 3 is 2.75 bits per heavy atom. The lowest BCUT2D eigenvalue weighted by Crippen LogP contribution is -2.53. The maximum Gasteiger partial charge on any atom is 0.289 e. The summed E-state index contributed by atoms with van der Waals surface area (Å²) in [5, 5.41) is 4.48. The molecule has 2 heterocycles. The number of benzene rings is 2. The van der Waals surface area contributed by atoms with Gasteiger partial charge in [-0.2, -0.15) is 0 Å². The number of hydrogen-bond acceptors (Lipinski definition) is 3. The summed E-state index contributed by atoms with van der Waals surface area (Å²) >= 11 is 0. The van der Waals surface area contributed by atoms with Crippen molar-refractivity contribution in [2.45, 2.75) is 12.5 Å². The van der Waals surface area contributed by atoms with Crippen molar-refractivity contribution in [3.05, 3.63) is 72.0 Å². The van der Waals surface area contributed by atoms with Crippen LogP contribution in [0.3, 0.4) is 0 Å². The Labute approximate surface area is 141 Å². The van der Waals surface area contributed by atoms with E-state index in [1.807, 2.05) is 41.3 Å². The zero-order chi connectivity index (χ0) is 16.4. The average Bonchev–Trinajstić information content (AvgIpc) is 3.06. The first kappa shape index (κ1) is 15.0. The van der Waals surface area contributed by atoms with Crippen LogP contribution in [0.2, 0.25) is 0 Å². The van der Waals surface area contributed by atoms with Gasteiger partial charge in [-0.1, -0.05) is 48.5 Å². The molecule has 4 heteroatoms. The fourth-order valence-corrected chi connectivity index (χ4v) is 3.29. The molecule has 0 bridgehead atoms. The summed E-state index contributed by atoms with van der Waals surface area (Å²) in [5.74, 6) is 0.405. The van der Waals surface area contributed by atoms with Gasteiger partial charge in [0.05, 0.1) is 0 Å². The lowest BCUT2D eigenvalue weighted by Gasteiger charge is -2.33. The van der Waals surface area contributed by atoms with Crippen LogP contribution in [0.15, 0.2) is 65.1 Å². The van der Waals surface area contributed by atoms with Gasteiger partial charge in [-0.15, -0.1) is 0 Å². The Kier molecular flexibility index (Phi) is 4.05. The third-order valence-electron chi connectivity index (χ3n) is 4.50. The second-order valence-corrected chi connectivity index (χ2v) is 6.24. The van der Waals surface area contributed by atoms with E-state index in [4.69, 9.17) is 4.42 Å². The van der Waals surface area contributed by atoms with E-state index in [-0.39, 0.29) is 11.9 Å². The van der Waals surface area contributed by atoms with E-state index in [0.29, 0.717) is 18.8 Å². The molecule has 1 saturated heterocycles. The van der Waals surface area contributed by atoms with Gasteiger partial charge in [0, 0.05) is 31.1 Å². The molecule has 1 amide bonds. The molecule has 1 fully saturated rings. The number of amides is 1. The minimum atomic E-state index is -0.0224. The van der Waals surface area contributed by atoms with Crippen LogP contribution in [0.25, 0.3) is 11.0 Å². The van der Waals surface area contributed by atoms with E-state index in [1.54, 1.807) is 0 Å². The number of carbonyl (C=O) groups is 1. The molecule has 0 aliphatic carbocycles. The summed E-state index contributed by atoms with van der Waals surface area (Å²) in [7, 11) is 0. The lowest BCUT2D eigenvalue weighted by atomic mass is 10.0. The molecule has 24 heavy (non-hydrogen) atoms. The number of furan rings is 1. The van der Waals surface area contributed by atoms with Crippen molar-refractivity contribution in [1.82, 2.24) is 10.2 Å². The highest BCUT2D eigenvalue weighted by Crippen LogP contribution is 2.20. The molecule has 2 aromatic carbocycles. The van der Waals surface area contributed by atoms with Crippen molar-refractivity contribution in [3.8, 4) is 0 Å². The predicted octanol–water partition coefficient (Wildman–Crippen LogP) is 3.09. The Morgan fingerprint density at radius 1 is 1.12 bits per heavy atom. The minimum Gasteiger partial charge on any atom is -0.451 e. The smallest absolute Gasteiger partial charge is 0.289 e. The number of nitrogens with one attached hydrogen (secondary N) is 1. The Hall–Kier alpha value is -2.59. The number of hydrogen-bond donors (Lipinski definition) is 1. The first-order chi connectivity index (χ1) is 11.8. The Bertz CT molecular complexity index is 808. The van der Waals surface area contributed by atoms with Crippen LogP contribution in [0.1, 0.15) is 16.1 Å². The van der Waals surface area contributed by atoms with Gasteiger partial charge in [-0.05, 0) is 24.1 Å². The second-order valence-electron chi connectivity index (χ2n) is 6.24. The quantitative estimate of drug-likeness (QED) is 0.806. The summed E-state index contributed by atoms with van der Waals surface area (Å²) in [5.41, 5.74) is 2.05. The fourth-order valence-electron chi connectivity index (χ4n) is 3.29. The highest BCUT2D eigenvalue weighted by atomic mass is 16.3. The number of nitrogens with zero attached hydrogens (tertiary/aromatic N) is 1. The summed E-state index contributed by atoms with van der Waals surface area (Å²) in [4.78, 5) is 14.7. The summed E-state index contributed by atoms with van der Waals surface area (Å²) < 4.78 is 5.72. The summed E-state index contributed by atoms with van der Waals surface area (Å²) in [6, 6.07) is 20.2. The minimum absolute atomic E-state index is 0.0224. The van der Waals surface area contributed by atoms with Crippen LogP contribution >= 0.6 is 0 Å². The molecule has 0 saturated carbocycles. The average molecular weight is 320 g/mol. The highest BCUT2D eigenvalue weighted by Gasteiger charge is 2.26. The van der Waals surface area contributed by atoms with E-state index >= 15 is 0 Å². The molecule has 4 rings (SSSR count). The molecular weight excluding hydrogens is 300 g/mol. The van der Waals surface area contributed by atoms with E-state index < -0.39 is 0 Å². The van der Waals surface area contributed by atoms with Gasteiger partial charge in [-0.25, -0.2) is 0 Å². The largest absolute Gasteiger partial charge is 0.451 e. The zero-order valence-electron chi connectivity index (χ0n) is 13.4. The van der Waals surface area contributed by atoms with Gasteiger partial charge in [0.2, 0.25) is 0 Å². The van der Waals surface area contributed by atoms with Gasteiger partial charge in [0.25, 0.3) is 5.91 Å². The zero-order valence-corrected chi connectivity index (χ0v) is 13.4. The molecule has 122 valence electrons. The van der Waals surface area contributed by atoms with Gasteiger partial charge in [0.15, 0.2) is 5.76 Å². The number of fused-ring (bicyclic) bond motifs is 1. The van der Waals surface area contributed by atoms with Gasteiger partial charge in [-0.3, -0.25) is 4.79 Å². The van der Waals surface area contributed by atoms with Crippen LogP contribution in [0.5, 0.6) is 0 Å². The SMILES string of the molecule is O=C(c1cc2ccccc2o1)N1CCN[C@@H](Cc2ccccc2)C1. The molecular formula is C20H20N2O2. The van der Waals surface area contributed by atoms with Crippen LogP contribution in [0, 0.1) is 0 Å². The summed E-state index contributed by atoms with van der Waals surface area (Å²) in [6.07, 6.45) is 0.921. The lowest BCUT2D eigenvalue weighted by molar-refractivity contribution is 0.0673. The first-order valence-electron chi connectivity index (χ1n) is 8.35. The highest BCUT2D eigenvalue weighted by molar-refractivity contribution is 5.96. The topological polar surface area (TPSA) is 45.5 Å². The van der Waals surface area contributed by atoms with Crippen molar-refractivity contribution in [1.29, 1.82) is 0 Å². The molecule has 4 nitrogen and oxygen atoms in total. The molecule has 3 aromatic rings. The number of rotatable bonds is 3. The molecule has 1 aromatic heterocycles. The van der Waals surface area contributed by atoms with Crippen molar-refractivity contribution in [2.75, 3.05) is 19.6 Å². The third kappa shape index (κ3) is 3.05. The fraction of sp³-hybridized carbons (Fsp3) is 0.250. The molecule has 1 N–H and O–H groups in total. The molecule has 1 aliphatic heterocycles. The number of carbonyl (C=O) groups excluding carboxylic acids is 1. The number of piperazine rings is 1. The molecule has 1 atom stereocenters. The van der Waals surface area contributed by atoms with Crippen LogP contribution in [-0.4, -0.2) is 36.5 Å². The van der Waals surface area contributed by atoms with Crippen LogP contribution in [-0.2, 0) is 6.42 Å². The van der Waals surface area contributed by atoms with E-state index in [2.05, 4.69) is 29.6 Å². The van der Waals surface area contributed by atoms with E-state index in [9.17, 15) is 4.79 Å². The molecule has 0 spiro atoms. The molecule has 0 unspecified atom stereocenters. The van der Waals surface area contributed by atoms with Gasteiger partial charge >= 0.3 is 0 Å². The molecule has 0 radical (unpaired) electrons. The van der Waals surface area contributed by atoms with Crippen molar-refractivity contribution < 1.29 is 9.21 Å². The van der Waals surface area contributed by atoms with E-state index in [1.165, 1.54) is 5.56 Å². The second kappa shape index (κ2) is 6.49. The van der Waals surface area contributed by atoms with Crippen molar-refractivity contribution >= 4 is 16.9 Å². The van der Waals surface area contributed by atoms with Gasteiger partial charge in [0.1, 0.15) is 5.58 Å². The van der Waals surface area contributed by atoms with Gasteiger partial charge < -0.3 is 14.6 Å². The normalized spacial score (nSPS) is 18.0. The Morgan fingerprint density at radius 2 is 1.92 bits per heavy atom. The number of para-hydroxylation sites is 1. The van der Waals surface area contributed by atoms with Crippen molar-refractivity contribution in [3.63, 3.8) is 0 Å². The van der Waals surface area contributed by atoms with Crippen LogP contribution in [0.4, 0.5) is 0 Å². The predicted molar refractivity (Wildman–Crippen MR) is 94.1 cm³/mol. The maximum atomic E-state index is 12.8. The third-order valence-corrected chi connectivity index (χ3v) is 4.50. The molecule has 1 aliphatic rings. The standard InChI is InChI=1S/C20H20N2O2/c23-20(19-13-16-8-4-5-9-18(16)24-19)22-11-10-21-17(14-22)12-15-6-2-1-3-7-15/h1-9,13,17,21H,10-12,14H2/t17-/m0/s1. The Balaban J connectivity index is 1.48. The van der Waals surface area contributed by atoms with Crippen molar-refractivity contribution in [2.24, 2.45) is 0 Å². The van der Waals surface area contributed by atoms with E-state index in [0.717, 1.165) is 23.9 Å². The summed E-state index contributed by atoms with van der Waals surface area (Å²) in [6.45, 7) is 2.22.